The summed E-state index contributed by atoms with van der Waals surface area (Å²) in [4.78, 5) is 13.2. The van der Waals surface area contributed by atoms with Crippen molar-refractivity contribution in [1.29, 1.82) is 0 Å². The van der Waals surface area contributed by atoms with E-state index in [-0.39, 0.29) is 12.1 Å². The van der Waals surface area contributed by atoms with Gasteiger partial charge in [0, 0.05) is 32.1 Å². The van der Waals surface area contributed by atoms with Crippen molar-refractivity contribution in [2.45, 2.75) is 44.4 Å². The first kappa shape index (κ1) is 9.93. The van der Waals surface area contributed by atoms with Crippen LogP contribution in [0.25, 0.3) is 0 Å². The lowest BCUT2D eigenvalue weighted by Gasteiger charge is -2.34. The SMILES string of the molecule is CC(=O)O[C@@H]1CCN2C[C@@H](N)CC[C@H]12. The molecule has 80 valence electrons. The van der Waals surface area contributed by atoms with Crippen LogP contribution in [0.5, 0.6) is 0 Å². The van der Waals surface area contributed by atoms with Crippen LogP contribution in [0.1, 0.15) is 26.2 Å². The number of esters is 1. The minimum atomic E-state index is -0.160. The maximum atomic E-state index is 10.9. The number of hydrogen-bond acceptors (Lipinski definition) is 4. The summed E-state index contributed by atoms with van der Waals surface area (Å²) in [5.41, 5.74) is 5.89. The van der Waals surface area contributed by atoms with Crippen molar-refractivity contribution in [3.8, 4) is 0 Å². The molecule has 2 fully saturated rings. The summed E-state index contributed by atoms with van der Waals surface area (Å²) in [6, 6.07) is 0.737. The van der Waals surface area contributed by atoms with Crippen LogP contribution in [0.3, 0.4) is 0 Å². The zero-order chi connectivity index (χ0) is 10.1. The van der Waals surface area contributed by atoms with E-state index in [1.54, 1.807) is 0 Å². The molecule has 2 N–H and O–H groups in total. The van der Waals surface area contributed by atoms with Crippen molar-refractivity contribution in [3.63, 3.8) is 0 Å². The molecule has 2 aliphatic rings. The van der Waals surface area contributed by atoms with Gasteiger partial charge in [0.15, 0.2) is 0 Å². The van der Waals surface area contributed by atoms with E-state index in [9.17, 15) is 4.79 Å². The molecular formula is C10H18N2O2. The van der Waals surface area contributed by atoms with Gasteiger partial charge in [-0.3, -0.25) is 9.69 Å². The summed E-state index contributed by atoms with van der Waals surface area (Å²) in [6.07, 6.45) is 3.20. The topological polar surface area (TPSA) is 55.6 Å². The monoisotopic (exact) mass is 198 g/mol. The molecule has 14 heavy (non-hydrogen) atoms. The van der Waals surface area contributed by atoms with Crippen LogP contribution in [0.4, 0.5) is 0 Å². The lowest BCUT2D eigenvalue weighted by Crippen LogP contribution is -2.48. The Bertz CT molecular complexity index is 232. The summed E-state index contributed by atoms with van der Waals surface area (Å²) < 4.78 is 5.29. The van der Waals surface area contributed by atoms with E-state index in [1.807, 2.05) is 0 Å². The largest absolute Gasteiger partial charge is 0.461 e. The van der Waals surface area contributed by atoms with Crippen molar-refractivity contribution in [2.24, 2.45) is 5.73 Å². The number of nitrogens with two attached hydrogens (primary N) is 1. The zero-order valence-corrected chi connectivity index (χ0v) is 8.61. The van der Waals surface area contributed by atoms with Gasteiger partial charge >= 0.3 is 5.97 Å². The van der Waals surface area contributed by atoms with Gasteiger partial charge in [0.1, 0.15) is 6.10 Å². The van der Waals surface area contributed by atoms with Gasteiger partial charge in [0.25, 0.3) is 0 Å². The third kappa shape index (κ3) is 1.91. The smallest absolute Gasteiger partial charge is 0.302 e. The van der Waals surface area contributed by atoms with Crippen LogP contribution in [0.2, 0.25) is 0 Å². The van der Waals surface area contributed by atoms with Crippen LogP contribution < -0.4 is 5.73 Å². The fraction of sp³-hybridized carbons (Fsp3) is 0.900. The normalized spacial score (nSPS) is 38.0. The van der Waals surface area contributed by atoms with E-state index in [0.717, 1.165) is 32.4 Å². The first-order valence-corrected chi connectivity index (χ1v) is 5.33. The molecule has 3 atom stereocenters. The average Bonchev–Trinajstić information content (AvgIpc) is 2.47. The van der Waals surface area contributed by atoms with E-state index in [1.165, 1.54) is 6.92 Å². The third-order valence-corrected chi connectivity index (χ3v) is 3.22. The zero-order valence-electron chi connectivity index (χ0n) is 8.61. The maximum absolute atomic E-state index is 10.9. The molecule has 0 amide bonds. The second-order valence-corrected chi connectivity index (χ2v) is 4.34. The molecule has 2 saturated heterocycles. The predicted molar refractivity (Wildman–Crippen MR) is 52.7 cm³/mol. The van der Waals surface area contributed by atoms with Gasteiger partial charge in [-0.15, -0.1) is 0 Å². The second kappa shape index (κ2) is 3.87. The fourth-order valence-corrected chi connectivity index (χ4v) is 2.61. The van der Waals surface area contributed by atoms with Crippen LogP contribution >= 0.6 is 0 Å². The Hall–Kier alpha value is -0.610. The summed E-state index contributed by atoms with van der Waals surface area (Å²) in [5, 5.41) is 0. The summed E-state index contributed by atoms with van der Waals surface area (Å²) >= 11 is 0. The standard InChI is InChI=1S/C10H18N2O2/c1-7(13)14-10-4-5-12-6-8(11)2-3-9(10)12/h8-10H,2-6,11H2,1H3/t8-,9+,10+/m0/s1. The van der Waals surface area contributed by atoms with Crippen molar-refractivity contribution in [3.05, 3.63) is 0 Å². The van der Waals surface area contributed by atoms with Crippen LogP contribution in [-0.4, -0.2) is 42.1 Å². The molecule has 0 radical (unpaired) electrons. The van der Waals surface area contributed by atoms with Crippen molar-refractivity contribution >= 4 is 5.97 Å². The van der Waals surface area contributed by atoms with Crippen molar-refractivity contribution in [2.75, 3.05) is 13.1 Å². The summed E-state index contributed by atoms with van der Waals surface area (Å²) in [6.45, 7) is 3.47. The van der Waals surface area contributed by atoms with Crippen molar-refractivity contribution in [1.82, 2.24) is 4.90 Å². The Labute approximate surface area is 84.4 Å². The molecule has 2 rings (SSSR count). The Morgan fingerprint density at radius 3 is 2.93 bits per heavy atom. The molecular weight excluding hydrogens is 180 g/mol. The molecule has 0 aromatic rings. The van der Waals surface area contributed by atoms with Gasteiger partial charge in [-0.2, -0.15) is 0 Å². The molecule has 0 bridgehead atoms. The number of fused-ring (bicyclic) bond motifs is 1. The Balaban J connectivity index is 1.95. The molecule has 0 spiro atoms. The van der Waals surface area contributed by atoms with E-state index in [0.29, 0.717) is 12.1 Å². The highest BCUT2D eigenvalue weighted by Gasteiger charge is 2.39. The molecule has 0 aromatic carbocycles. The molecule has 4 nitrogen and oxygen atoms in total. The number of carbonyl (C=O) groups excluding carboxylic acids is 1. The maximum Gasteiger partial charge on any atom is 0.302 e. The van der Waals surface area contributed by atoms with Gasteiger partial charge in [0.2, 0.25) is 0 Å². The average molecular weight is 198 g/mol. The van der Waals surface area contributed by atoms with Gasteiger partial charge in [0.05, 0.1) is 0 Å². The molecule has 2 heterocycles. The van der Waals surface area contributed by atoms with E-state index in [2.05, 4.69) is 4.90 Å². The molecule has 0 saturated carbocycles. The number of nitrogens with zero attached hydrogens (tertiary/aromatic N) is 1. The Morgan fingerprint density at radius 1 is 1.43 bits per heavy atom. The number of carbonyl (C=O) groups is 1. The van der Waals surface area contributed by atoms with Crippen molar-refractivity contribution < 1.29 is 9.53 Å². The minimum Gasteiger partial charge on any atom is -0.461 e. The quantitative estimate of drug-likeness (QED) is 0.608. The summed E-state index contributed by atoms with van der Waals surface area (Å²) in [5.74, 6) is -0.160. The summed E-state index contributed by atoms with van der Waals surface area (Å²) in [7, 11) is 0. The predicted octanol–water partition coefficient (Wildman–Crippen LogP) is 0.114. The van der Waals surface area contributed by atoms with Gasteiger partial charge < -0.3 is 10.5 Å². The van der Waals surface area contributed by atoms with Gasteiger partial charge in [-0.25, -0.2) is 0 Å². The van der Waals surface area contributed by atoms with E-state index < -0.39 is 0 Å². The lowest BCUT2D eigenvalue weighted by molar-refractivity contribution is -0.147. The first-order valence-electron chi connectivity index (χ1n) is 5.33. The lowest BCUT2D eigenvalue weighted by atomic mass is 9.98. The molecule has 0 aromatic heterocycles. The Morgan fingerprint density at radius 2 is 2.21 bits per heavy atom. The number of piperidine rings is 1. The highest BCUT2D eigenvalue weighted by Crippen LogP contribution is 2.28. The van der Waals surface area contributed by atoms with Crippen LogP contribution in [0, 0.1) is 0 Å². The van der Waals surface area contributed by atoms with E-state index in [4.69, 9.17) is 10.5 Å². The third-order valence-electron chi connectivity index (χ3n) is 3.22. The molecule has 4 heteroatoms. The van der Waals surface area contributed by atoms with E-state index >= 15 is 0 Å². The van der Waals surface area contributed by atoms with Gasteiger partial charge in [-0.1, -0.05) is 0 Å². The van der Waals surface area contributed by atoms with Gasteiger partial charge in [-0.05, 0) is 19.3 Å². The highest BCUT2D eigenvalue weighted by molar-refractivity contribution is 5.66. The number of ether oxygens (including phenoxy) is 1. The Kier molecular flexibility index (Phi) is 2.74. The molecule has 0 unspecified atom stereocenters. The molecule has 0 aliphatic carbocycles. The highest BCUT2D eigenvalue weighted by atomic mass is 16.5. The van der Waals surface area contributed by atoms with Crippen LogP contribution in [-0.2, 0) is 9.53 Å². The van der Waals surface area contributed by atoms with Crippen LogP contribution in [0.15, 0.2) is 0 Å². The fourth-order valence-electron chi connectivity index (χ4n) is 2.61. The number of hydrogen-bond donors (Lipinski definition) is 1. The second-order valence-electron chi connectivity index (χ2n) is 4.34. The number of rotatable bonds is 1. The minimum absolute atomic E-state index is 0.111. The molecule has 2 aliphatic heterocycles. The first-order chi connectivity index (χ1) is 6.66.